The van der Waals surface area contributed by atoms with Gasteiger partial charge in [0.15, 0.2) is 5.82 Å². The Labute approximate surface area is 119 Å². The van der Waals surface area contributed by atoms with Gasteiger partial charge in [-0.25, -0.2) is 0 Å². The Morgan fingerprint density at radius 1 is 1.35 bits per heavy atom. The maximum absolute atomic E-state index is 5.42. The average Bonchev–Trinajstić information content (AvgIpc) is 2.89. The Balaban J connectivity index is 1.95. The smallest absolute Gasteiger partial charge is 0.227 e. The Hall–Kier alpha value is -1.88. The van der Waals surface area contributed by atoms with Crippen LogP contribution in [0.3, 0.4) is 0 Å². The van der Waals surface area contributed by atoms with Gasteiger partial charge in [-0.05, 0) is 19.4 Å². The van der Waals surface area contributed by atoms with Gasteiger partial charge in [-0.15, -0.1) is 0 Å². The molecule has 1 heterocycles. The summed E-state index contributed by atoms with van der Waals surface area (Å²) in [4.78, 5) is 4.20. The molecule has 1 aromatic carbocycles. The van der Waals surface area contributed by atoms with E-state index in [0.29, 0.717) is 11.7 Å². The minimum absolute atomic E-state index is 0.259. The summed E-state index contributed by atoms with van der Waals surface area (Å²) >= 11 is 0. The van der Waals surface area contributed by atoms with Crippen LogP contribution in [0, 0.1) is 6.92 Å². The molecule has 2 aromatic rings. The lowest BCUT2D eigenvalue weighted by molar-refractivity contribution is 0.366. The van der Waals surface area contributed by atoms with Crippen molar-refractivity contribution in [2.24, 2.45) is 0 Å². The molecular weight excluding hydrogens is 254 g/mol. The molecule has 1 unspecified atom stereocenters. The second-order valence-electron chi connectivity index (χ2n) is 4.64. The predicted octanol–water partition coefficient (Wildman–Crippen LogP) is 2.67. The van der Waals surface area contributed by atoms with E-state index in [1.165, 1.54) is 5.56 Å². The molecule has 0 aliphatic carbocycles. The van der Waals surface area contributed by atoms with E-state index in [-0.39, 0.29) is 6.04 Å². The standard InChI is InChI=1S/C15H21N3O2/c1-4-13(12-7-5-6-8-14(12)19-3)16-10-9-15-17-11(2)18-20-15/h5-8,13,16H,4,9-10H2,1-3H3. The lowest BCUT2D eigenvalue weighted by Gasteiger charge is -2.19. The third-order valence-electron chi connectivity index (χ3n) is 3.22. The zero-order chi connectivity index (χ0) is 14.4. The Kier molecular flexibility index (Phi) is 5.12. The van der Waals surface area contributed by atoms with Crippen LogP contribution in [0.4, 0.5) is 0 Å². The number of para-hydroxylation sites is 1. The molecule has 0 saturated heterocycles. The van der Waals surface area contributed by atoms with Gasteiger partial charge in [0, 0.05) is 24.6 Å². The van der Waals surface area contributed by atoms with Crippen LogP contribution >= 0.6 is 0 Å². The molecule has 1 N–H and O–H groups in total. The maximum Gasteiger partial charge on any atom is 0.227 e. The average molecular weight is 275 g/mol. The summed E-state index contributed by atoms with van der Waals surface area (Å²) in [5.41, 5.74) is 1.18. The zero-order valence-corrected chi connectivity index (χ0v) is 12.2. The summed E-state index contributed by atoms with van der Waals surface area (Å²) in [6, 6.07) is 8.35. The number of benzene rings is 1. The first kappa shape index (κ1) is 14.5. The summed E-state index contributed by atoms with van der Waals surface area (Å²) in [6.45, 7) is 4.77. The normalized spacial score (nSPS) is 12.3. The number of aryl methyl sites for hydroxylation is 1. The molecule has 0 saturated carbocycles. The molecule has 0 bridgehead atoms. The molecule has 1 aromatic heterocycles. The molecule has 0 radical (unpaired) electrons. The fraction of sp³-hybridized carbons (Fsp3) is 0.467. The first-order valence-electron chi connectivity index (χ1n) is 6.90. The van der Waals surface area contributed by atoms with Crippen molar-refractivity contribution in [2.75, 3.05) is 13.7 Å². The third kappa shape index (κ3) is 3.57. The molecule has 0 amide bonds. The van der Waals surface area contributed by atoms with Crippen LogP contribution in [0.15, 0.2) is 28.8 Å². The van der Waals surface area contributed by atoms with E-state index in [1.54, 1.807) is 7.11 Å². The number of ether oxygens (including phenoxy) is 1. The van der Waals surface area contributed by atoms with E-state index in [4.69, 9.17) is 9.26 Å². The first-order chi connectivity index (χ1) is 9.74. The Morgan fingerprint density at radius 2 is 2.15 bits per heavy atom. The highest BCUT2D eigenvalue weighted by atomic mass is 16.5. The molecule has 0 aliphatic rings. The van der Waals surface area contributed by atoms with Crippen LogP contribution in [-0.4, -0.2) is 23.8 Å². The minimum atomic E-state index is 0.259. The van der Waals surface area contributed by atoms with Crippen molar-refractivity contribution < 1.29 is 9.26 Å². The second kappa shape index (κ2) is 7.05. The van der Waals surface area contributed by atoms with Crippen molar-refractivity contribution in [3.63, 3.8) is 0 Å². The summed E-state index contributed by atoms with van der Waals surface area (Å²) in [5.74, 6) is 2.27. The van der Waals surface area contributed by atoms with Gasteiger partial charge < -0.3 is 14.6 Å². The Bertz CT molecular complexity index is 539. The second-order valence-corrected chi connectivity index (χ2v) is 4.64. The molecule has 108 valence electrons. The molecule has 1 atom stereocenters. The van der Waals surface area contributed by atoms with Crippen LogP contribution < -0.4 is 10.1 Å². The van der Waals surface area contributed by atoms with Crippen molar-refractivity contribution in [1.82, 2.24) is 15.5 Å². The fourth-order valence-corrected chi connectivity index (χ4v) is 2.22. The lowest BCUT2D eigenvalue weighted by atomic mass is 10.0. The van der Waals surface area contributed by atoms with Crippen molar-refractivity contribution in [3.8, 4) is 5.75 Å². The highest BCUT2D eigenvalue weighted by Gasteiger charge is 2.13. The van der Waals surface area contributed by atoms with Gasteiger partial charge in [0.05, 0.1) is 7.11 Å². The number of aromatic nitrogens is 2. The number of nitrogens with one attached hydrogen (secondary N) is 1. The minimum Gasteiger partial charge on any atom is -0.496 e. The van der Waals surface area contributed by atoms with Gasteiger partial charge >= 0.3 is 0 Å². The molecule has 2 rings (SSSR count). The fourth-order valence-electron chi connectivity index (χ4n) is 2.22. The van der Waals surface area contributed by atoms with Crippen molar-refractivity contribution in [1.29, 1.82) is 0 Å². The van der Waals surface area contributed by atoms with Crippen molar-refractivity contribution in [3.05, 3.63) is 41.5 Å². The number of hydrogen-bond acceptors (Lipinski definition) is 5. The number of nitrogens with zero attached hydrogens (tertiary/aromatic N) is 2. The summed E-state index contributed by atoms with van der Waals surface area (Å²) in [7, 11) is 1.70. The quantitative estimate of drug-likeness (QED) is 0.841. The van der Waals surface area contributed by atoms with Gasteiger partial charge in [0.25, 0.3) is 0 Å². The molecule has 0 aliphatic heterocycles. The van der Waals surface area contributed by atoms with Crippen LogP contribution in [0.2, 0.25) is 0 Å². The van der Waals surface area contributed by atoms with Gasteiger partial charge in [0.2, 0.25) is 5.89 Å². The lowest BCUT2D eigenvalue weighted by Crippen LogP contribution is -2.23. The maximum atomic E-state index is 5.42. The van der Waals surface area contributed by atoms with E-state index in [1.807, 2.05) is 25.1 Å². The SMILES string of the molecule is CCC(NCCc1nc(C)no1)c1ccccc1OC. The van der Waals surface area contributed by atoms with Crippen LogP contribution in [0.1, 0.15) is 36.7 Å². The summed E-state index contributed by atoms with van der Waals surface area (Å²) < 4.78 is 10.5. The van der Waals surface area contributed by atoms with E-state index in [9.17, 15) is 0 Å². The van der Waals surface area contributed by atoms with Gasteiger partial charge in [-0.1, -0.05) is 30.3 Å². The zero-order valence-electron chi connectivity index (χ0n) is 12.2. The largest absolute Gasteiger partial charge is 0.496 e. The van der Waals surface area contributed by atoms with Gasteiger partial charge in [-0.3, -0.25) is 0 Å². The van der Waals surface area contributed by atoms with E-state index >= 15 is 0 Å². The molecule has 5 nitrogen and oxygen atoms in total. The highest BCUT2D eigenvalue weighted by Crippen LogP contribution is 2.26. The van der Waals surface area contributed by atoms with E-state index in [0.717, 1.165) is 25.1 Å². The molecule has 5 heteroatoms. The van der Waals surface area contributed by atoms with Gasteiger partial charge in [0.1, 0.15) is 5.75 Å². The number of methoxy groups -OCH3 is 1. The monoisotopic (exact) mass is 275 g/mol. The first-order valence-corrected chi connectivity index (χ1v) is 6.90. The van der Waals surface area contributed by atoms with Crippen molar-refractivity contribution >= 4 is 0 Å². The molecule has 0 fully saturated rings. The van der Waals surface area contributed by atoms with E-state index in [2.05, 4.69) is 28.4 Å². The highest BCUT2D eigenvalue weighted by molar-refractivity contribution is 5.35. The molecule has 20 heavy (non-hydrogen) atoms. The number of hydrogen-bond donors (Lipinski definition) is 1. The van der Waals surface area contributed by atoms with Crippen LogP contribution in [0.5, 0.6) is 5.75 Å². The Morgan fingerprint density at radius 3 is 2.80 bits per heavy atom. The topological polar surface area (TPSA) is 60.2 Å². The third-order valence-corrected chi connectivity index (χ3v) is 3.22. The van der Waals surface area contributed by atoms with Crippen LogP contribution in [0.25, 0.3) is 0 Å². The van der Waals surface area contributed by atoms with E-state index < -0.39 is 0 Å². The molecule has 0 spiro atoms. The van der Waals surface area contributed by atoms with Gasteiger partial charge in [-0.2, -0.15) is 4.98 Å². The summed E-state index contributed by atoms with van der Waals surface area (Å²) in [6.07, 6.45) is 1.72. The molecular formula is C15H21N3O2. The van der Waals surface area contributed by atoms with Crippen molar-refractivity contribution in [2.45, 2.75) is 32.7 Å². The predicted molar refractivity (Wildman–Crippen MR) is 76.8 cm³/mol. The van der Waals surface area contributed by atoms with Crippen LogP contribution in [-0.2, 0) is 6.42 Å². The number of rotatable bonds is 7. The summed E-state index contributed by atoms with van der Waals surface area (Å²) in [5, 5.41) is 7.30.